The normalized spacial score (nSPS) is 18.3. The van der Waals surface area contributed by atoms with Crippen molar-refractivity contribution in [2.24, 2.45) is 0 Å². The topological polar surface area (TPSA) is 41.1 Å². The van der Waals surface area contributed by atoms with Gasteiger partial charge in [0.15, 0.2) is 0 Å². The zero-order valence-electron chi connectivity index (χ0n) is 11.7. The molecule has 0 saturated carbocycles. The van der Waals surface area contributed by atoms with E-state index in [4.69, 9.17) is 0 Å². The number of thioether (sulfide) groups is 2. The van der Waals surface area contributed by atoms with Crippen molar-refractivity contribution in [2.75, 3.05) is 35.7 Å². The number of halogens is 2. The van der Waals surface area contributed by atoms with Gasteiger partial charge in [-0.1, -0.05) is 0 Å². The number of benzene rings is 1. The van der Waals surface area contributed by atoms with Crippen molar-refractivity contribution < 1.29 is 13.6 Å². The monoisotopic (exact) mass is 332 g/mol. The highest BCUT2D eigenvalue weighted by atomic mass is 32.2. The lowest BCUT2D eigenvalue weighted by Gasteiger charge is -2.21. The van der Waals surface area contributed by atoms with Crippen LogP contribution in [0.3, 0.4) is 0 Å². The molecule has 21 heavy (non-hydrogen) atoms. The van der Waals surface area contributed by atoms with E-state index in [-0.39, 0.29) is 11.3 Å². The van der Waals surface area contributed by atoms with Crippen LogP contribution in [-0.2, 0) is 0 Å². The maximum atomic E-state index is 13.8. The van der Waals surface area contributed by atoms with E-state index >= 15 is 0 Å². The Bertz CT molecular complexity index is 485. The first-order chi connectivity index (χ1) is 10.1. The fraction of sp³-hybridized carbons (Fsp3) is 0.500. The molecule has 1 saturated heterocycles. The number of amides is 1. The van der Waals surface area contributed by atoms with Crippen LogP contribution >= 0.6 is 23.5 Å². The molecule has 1 aliphatic heterocycles. The first kappa shape index (κ1) is 16.4. The Morgan fingerprint density at radius 3 is 2.62 bits per heavy atom. The van der Waals surface area contributed by atoms with Crippen molar-refractivity contribution in [2.45, 2.75) is 12.2 Å². The minimum Gasteiger partial charge on any atom is -0.381 e. The summed E-state index contributed by atoms with van der Waals surface area (Å²) in [6, 6.07) is 2.14. The summed E-state index contributed by atoms with van der Waals surface area (Å²) in [4.78, 5) is 12.0. The van der Waals surface area contributed by atoms with Gasteiger partial charge in [-0.05, 0) is 19.1 Å². The molecule has 1 fully saturated rings. The second-order valence-electron chi connectivity index (χ2n) is 4.62. The zero-order chi connectivity index (χ0) is 15.2. The summed E-state index contributed by atoms with van der Waals surface area (Å²) in [5.41, 5.74) is -0.173. The fourth-order valence-corrected chi connectivity index (χ4v) is 4.62. The van der Waals surface area contributed by atoms with Gasteiger partial charge in [0.2, 0.25) is 0 Å². The summed E-state index contributed by atoms with van der Waals surface area (Å²) >= 11 is 3.68. The molecule has 2 rings (SSSR count). The van der Waals surface area contributed by atoms with Gasteiger partial charge in [-0.3, -0.25) is 4.79 Å². The first-order valence-electron chi connectivity index (χ1n) is 6.82. The van der Waals surface area contributed by atoms with Crippen LogP contribution in [0.2, 0.25) is 0 Å². The van der Waals surface area contributed by atoms with E-state index < -0.39 is 17.5 Å². The molecule has 1 aliphatic rings. The van der Waals surface area contributed by atoms with Crippen LogP contribution < -0.4 is 10.6 Å². The molecule has 1 aromatic carbocycles. The molecule has 1 aromatic rings. The average Bonchev–Trinajstić information content (AvgIpc) is 2.49. The Morgan fingerprint density at radius 2 is 2.05 bits per heavy atom. The quantitative estimate of drug-likeness (QED) is 0.870. The van der Waals surface area contributed by atoms with Gasteiger partial charge in [0, 0.05) is 41.2 Å². The second kappa shape index (κ2) is 7.89. The number of carbonyl (C=O) groups excluding carboxylic acids is 1. The molecule has 1 atom stereocenters. The van der Waals surface area contributed by atoms with Crippen LogP contribution in [0.1, 0.15) is 17.3 Å². The summed E-state index contributed by atoms with van der Waals surface area (Å²) in [6.45, 7) is 2.68. The lowest BCUT2D eigenvalue weighted by molar-refractivity contribution is 0.0953. The van der Waals surface area contributed by atoms with E-state index in [0.29, 0.717) is 18.3 Å². The van der Waals surface area contributed by atoms with Gasteiger partial charge in [0.05, 0.1) is 0 Å². The third-order valence-electron chi connectivity index (χ3n) is 3.03. The maximum absolute atomic E-state index is 13.8. The largest absolute Gasteiger partial charge is 0.381 e. The average molecular weight is 332 g/mol. The van der Waals surface area contributed by atoms with Crippen molar-refractivity contribution in [3.8, 4) is 0 Å². The summed E-state index contributed by atoms with van der Waals surface area (Å²) in [5.74, 6) is 1.28. The minimum absolute atomic E-state index is 0.0140. The van der Waals surface area contributed by atoms with Gasteiger partial charge in [-0.2, -0.15) is 23.5 Å². The van der Waals surface area contributed by atoms with Crippen LogP contribution in [0, 0.1) is 11.6 Å². The molecule has 7 heteroatoms. The van der Waals surface area contributed by atoms with E-state index in [0.717, 1.165) is 29.4 Å². The standard InChI is InChI=1S/C14H18F2N2OS2/c1-2-17-13-11(15)5-9(6-12(13)16)14(19)18-7-10-8-20-3-4-21-10/h5-6,10,17H,2-4,7-8H2,1H3,(H,18,19). The molecule has 1 unspecified atom stereocenters. The Labute approximate surface area is 131 Å². The molecular formula is C14H18F2N2OS2. The van der Waals surface area contributed by atoms with Gasteiger partial charge >= 0.3 is 0 Å². The first-order valence-corrected chi connectivity index (χ1v) is 9.02. The van der Waals surface area contributed by atoms with Crippen LogP contribution in [0.25, 0.3) is 0 Å². The predicted octanol–water partition coefficient (Wildman–Crippen LogP) is 2.98. The highest BCUT2D eigenvalue weighted by Crippen LogP contribution is 2.24. The minimum atomic E-state index is -0.746. The fourth-order valence-electron chi connectivity index (χ4n) is 2.01. The van der Waals surface area contributed by atoms with Crippen molar-refractivity contribution in [1.29, 1.82) is 0 Å². The molecule has 0 aromatic heterocycles. The third-order valence-corrected chi connectivity index (χ3v) is 5.88. The van der Waals surface area contributed by atoms with Crippen molar-refractivity contribution >= 4 is 35.1 Å². The van der Waals surface area contributed by atoms with E-state index in [1.165, 1.54) is 0 Å². The molecule has 0 spiro atoms. The van der Waals surface area contributed by atoms with E-state index in [9.17, 15) is 13.6 Å². The molecule has 0 radical (unpaired) electrons. The molecule has 2 N–H and O–H groups in total. The molecule has 1 heterocycles. The molecule has 116 valence electrons. The Kier molecular flexibility index (Phi) is 6.17. The Morgan fingerprint density at radius 1 is 1.33 bits per heavy atom. The highest BCUT2D eigenvalue weighted by Gasteiger charge is 2.18. The van der Waals surface area contributed by atoms with E-state index in [1.54, 1.807) is 6.92 Å². The van der Waals surface area contributed by atoms with Gasteiger partial charge in [-0.15, -0.1) is 0 Å². The van der Waals surface area contributed by atoms with Gasteiger partial charge in [0.25, 0.3) is 5.91 Å². The smallest absolute Gasteiger partial charge is 0.251 e. The maximum Gasteiger partial charge on any atom is 0.251 e. The number of hydrogen-bond acceptors (Lipinski definition) is 4. The molecule has 3 nitrogen and oxygen atoms in total. The van der Waals surface area contributed by atoms with E-state index in [1.807, 2.05) is 23.5 Å². The van der Waals surface area contributed by atoms with Gasteiger partial charge < -0.3 is 10.6 Å². The lowest BCUT2D eigenvalue weighted by atomic mass is 10.1. The van der Waals surface area contributed by atoms with Crippen LogP contribution in [0.15, 0.2) is 12.1 Å². The Hall–Kier alpha value is -0.950. The molecular weight excluding hydrogens is 314 g/mol. The molecule has 0 bridgehead atoms. The van der Waals surface area contributed by atoms with Crippen LogP contribution in [-0.4, -0.2) is 41.5 Å². The van der Waals surface area contributed by atoms with E-state index in [2.05, 4.69) is 10.6 Å². The Balaban J connectivity index is 1.98. The van der Waals surface area contributed by atoms with Crippen molar-refractivity contribution in [3.63, 3.8) is 0 Å². The summed E-state index contributed by atoms with van der Waals surface area (Å²) < 4.78 is 27.5. The molecule has 1 amide bonds. The lowest BCUT2D eigenvalue weighted by Crippen LogP contribution is -2.33. The number of carbonyl (C=O) groups is 1. The summed E-state index contributed by atoms with van der Waals surface area (Å²) in [6.07, 6.45) is 0. The third kappa shape index (κ3) is 4.51. The number of rotatable bonds is 5. The van der Waals surface area contributed by atoms with Crippen molar-refractivity contribution in [3.05, 3.63) is 29.3 Å². The summed E-state index contributed by atoms with van der Waals surface area (Å²) in [7, 11) is 0. The SMILES string of the molecule is CCNc1c(F)cc(C(=O)NCC2CSCCS2)cc1F. The van der Waals surface area contributed by atoms with Crippen LogP contribution in [0.4, 0.5) is 14.5 Å². The predicted molar refractivity (Wildman–Crippen MR) is 86.4 cm³/mol. The zero-order valence-corrected chi connectivity index (χ0v) is 13.4. The highest BCUT2D eigenvalue weighted by molar-refractivity contribution is 8.06. The summed E-state index contributed by atoms with van der Waals surface area (Å²) in [5, 5.41) is 5.72. The van der Waals surface area contributed by atoms with Gasteiger partial charge in [0.1, 0.15) is 17.3 Å². The number of hydrogen-bond donors (Lipinski definition) is 2. The number of anilines is 1. The van der Waals surface area contributed by atoms with Crippen LogP contribution in [0.5, 0.6) is 0 Å². The van der Waals surface area contributed by atoms with Gasteiger partial charge in [-0.25, -0.2) is 8.78 Å². The van der Waals surface area contributed by atoms with Crippen molar-refractivity contribution in [1.82, 2.24) is 5.32 Å². The number of nitrogens with one attached hydrogen (secondary N) is 2. The second-order valence-corrected chi connectivity index (χ2v) is 7.18. The molecule has 0 aliphatic carbocycles.